The zero-order chi connectivity index (χ0) is 14.0. The summed E-state index contributed by atoms with van der Waals surface area (Å²) >= 11 is 23.8. The summed E-state index contributed by atoms with van der Waals surface area (Å²) in [5.41, 5.74) is 1.42. The lowest BCUT2D eigenvalue weighted by atomic mass is 10.0. The van der Waals surface area contributed by atoms with Gasteiger partial charge in [0.05, 0.1) is 6.10 Å². The van der Waals surface area contributed by atoms with Crippen molar-refractivity contribution in [3.8, 4) is 0 Å². The highest BCUT2D eigenvalue weighted by Crippen LogP contribution is 2.29. The molecule has 0 heterocycles. The van der Waals surface area contributed by atoms with Crippen molar-refractivity contribution in [3.63, 3.8) is 0 Å². The van der Waals surface area contributed by atoms with Gasteiger partial charge in [-0.15, -0.1) is 0 Å². The van der Waals surface area contributed by atoms with Crippen LogP contribution in [0.25, 0.3) is 0 Å². The SMILES string of the molecule is OC(Cc1cc(Cl)ccc1Cl)c1cc(Cl)cc(Cl)c1. The fourth-order valence-electron chi connectivity index (χ4n) is 1.79. The summed E-state index contributed by atoms with van der Waals surface area (Å²) < 4.78 is 0. The summed E-state index contributed by atoms with van der Waals surface area (Å²) in [5, 5.41) is 12.3. The fraction of sp³-hybridized carbons (Fsp3) is 0.143. The van der Waals surface area contributed by atoms with E-state index in [0.29, 0.717) is 32.1 Å². The van der Waals surface area contributed by atoms with Gasteiger partial charge in [-0.25, -0.2) is 0 Å². The maximum absolute atomic E-state index is 10.2. The number of aliphatic hydroxyl groups excluding tert-OH is 1. The monoisotopic (exact) mass is 334 g/mol. The highest BCUT2D eigenvalue weighted by atomic mass is 35.5. The maximum Gasteiger partial charge on any atom is 0.0831 e. The molecule has 1 atom stereocenters. The third-order valence-electron chi connectivity index (χ3n) is 2.69. The second-order valence-corrected chi connectivity index (χ2v) is 5.87. The van der Waals surface area contributed by atoms with Gasteiger partial charge in [0.2, 0.25) is 0 Å². The van der Waals surface area contributed by atoms with Crippen molar-refractivity contribution in [2.24, 2.45) is 0 Å². The van der Waals surface area contributed by atoms with Gasteiger partial charge in [0, 0.05) is 26.5 Å². The van der Waals surface area contributed by atoms with Crippen molar-refractivity contribution >= 4 is 46.4 Å². The van der Waals surface area contributed by atoms with E-state index >= 15 is 0 Å². The summed E-state index contributed by atoms with van der Waals surface area (Å²) in [6.07, 6.45) is -0.400. The molecule has 1 nitrogen and oxygen atoms in total. The standard InChI is InChI=1S/C14H10Cl4O/c15-10-1-2-13(18)8(3-10)6-14(19)9-4-11(16)7-12(17)5-9/h1-5,7,14,19H,6H2. The number of hydrogen-bond acceptors (Lipinski definition) is 1. The van der Waals surface area contributed by atoms with E-state index in [9.17, 15) is 5.11 Å². The minimum absolute atomic E-state index is 0.343. The normalized spacial score (nSPS) is 12.5. The molecule has 2 rings (SSSR count). The molecule has 0 fully saturated rings. The van der Waals surface area contributed by atoms with Crippen molar-refractivity contribution in [2.45, 2.75) is 12.5 Å². The first-order chi connectivity index (χ1) is 8.95. The molecule has 0 aliphatic carbocycles. The van der Waals surface area contributed by atoms with Gasteiger partial charge in [-0.05, 0) is 47.5 Å². The van der Waals surface area contributed by atoms with Crippen LogP contribution in [0.2, 0.25) is 20.1 Å². The van der Waals surface area contributed by atoms with Crippen molar-refractivity contribution in [3.05, 3.63) is 67.6 Å². The van der Waals surface area contributed by atoms with Gasteiger partial charge in [-0.3, -0.25) is 0 Å². The minimum atomic E-state index is -0.743. The highest BCUT2D eigenvalue weighted by molar-refractivity contribution is 6.34. The van der Waals surface area contributed by atoms with Crippen LogP contribution in [0.5, 0.6) is 0 Å². The number of rotatable bonds is 3. The number of benzene rings is 2. The zero-order valence-electron chi connectivity index (χ0n) is 9.71. The van der Waals surface area contributed by atoms with Crippen LogP contribution in [0.15, 0.2) is 36.4 Å². The molecule has 0 aromatic heterocycles. The van der Waals surface area contributed by atoms with E-state index < -0.39 is 6.10 Å². The van der Waals surface area contributed by atoms with Crippen molar-refractivity contribution in [1.82, 2.24) is 0 Å². The number of hydrogen-bond donors (Lipinski definition) is 1. The predicted octanol–water partition coefficient (Wildman–Crippen LogP) is 5.58. The first kappa shape index (κ1) is 15.0. The van der Waals surface area contributed by atoms with Crippen LogP contribution in [-0.2, 0) is 6.42 Å². The minimum Gasteiger partial charge on any atom is -0.388 e. The first-order valence-electron chi connectivity index (χ1n) is 5.53. The molecule has 5 heteroatoms. The van der Waals surface area contributed by atoms with Gasteiger partial charge in [0.15, 0.2) is 0 Å². The molecule has 0 amide bonds. The molecule has 2 aromatic carbocycles. The summed E-state index contributed by atoms with van der Waals surface area (Å²) in [4.78, 5) is 0. The van der Waals surface area contributed by atoms with Crippen LogP contribution in [0.4, 0.5) is 0 Å². The highest BCUT2D eigenvalue weighted by Gasteiger charge is 2.13. The lowest BCUT2D eigenvalue weighted by Gasteiger charge is -2.13. The summed E-state index contributed by atoms with van der Waals surface area (Å²) in [5.74, 6) is 0. The van der Waals surface area contributed by atoms with E-state index in [1.54, 1.807) is 36.4 Å². The molecule has 0 bridgehead atoms. The number of halogens is 4. The van der Waals surface area contributed by atoms with Crippen molar-refractivity contribution in [2.75, 3.05) is 0 Å². The molecule has 1 unspecified atom stereocenters. The Hall–Kier alpha value is -0.440. The molecule has 0 aliphatic rings. The largest absolute Gasteiger partial charge is 0.388 e. The second-order valence-electron chi connectivity index (χ2n) is 4.16. The molecule has 0 spiro atoms. The summed E-state index contributed by atoms with van der Waals surface area (Å²) in [6.45, 7) is 0. The van der Waals surface area contributed by atoms with E-state index in [1.165, 1.54) is 0 Å². The molecule has 1 N–H and O–H groups in total. The van der Waals surface area contributed by atoms with Crippen LogP contribution in [-0.4, -0.2) is 5.11 Å². The Bertz CT molecular complexity index is 578. The Kier molecular flexibility index (Phi) is 4.99. The summed E-state index contributed by atoms with van der Waals surface area (Å²) in [6, 6.07) is 10.1. The van der Waals surface area contributed by atoms with Gasteiger partial charge in [0.1, 0.15) is 0 Å². The molecule has 100 valence electrons. The van der Waals surface area contributed by atoms with Gasteiger partial charge in [0.25, 0.3) is 0 Å². The lowest BCUT2D eigenvalue weighted by Crippen LogP contribution is -2.02. The third-order valence-corrected chi connectivity index (χ3v) is 3.73. The van der Waals surface area contributed by atoms with Crippen molar-refractivity contribution < 1.29 is 5.11 Å². The Labute approximate surface area is 131 Å². The average Bonchev–Trinajstić information content (AvgIpc) is 2.32. The van der Waals surface area contributed by atoms with E-state index in [4.69, 9.17) is 46.4 Å². The van der Waals surface area contributed by atoms with Crippen LogP contribution >= 0.6 is 46.4 Å². The van der Waals surface area contributed by atoms with Crippen LogP contribution in [0.1, 0.15) is 17.2 Å². The molecular weight excluding hydrogens is 326 g/mol. The lowest BCUT2D eigenvalue weighted by molar-refractivity contribution is 0.178. The van der Waals surface area contributed by atoms with E-state index in [-0.39, 0.29) is 0 Å². The zero-order valence-corrected chi connectivity index (χ0v) is 12.7. The smallest absolute Gasteiger partial charge is 0.0831 e. The molecule has 19 heavy (non-hydrogen) atoms. The third kappa shape index (κ3) is 4.01. The van der Waals surface area contributed by atoms with Crippen LogP contribution in [0, 0.1) is 0 Å². The second kappa shape index (κ2) is 6.34. The Morgan fingerprint density at radius 2 is 1.47 bits per heavy atom. The quantitative estimate of drug-likeness (QED) is 0.776. The molecular formula is C14H10Cl4O. The van der Waals surface area contributed by atoms with Gasteiger partial charge < -0.3 is 5.11 Å². The van der Waals surface area contributed by atoms with E-state index in [2.05, 4.69) is 0 Å². The van der Waals surface area contributed by atoms with Crippen LogP contribution < -0.4 is 0 Å². The Balaban J connectivity index is 2.25. The predicted molar refractivity (Wildman–Crippen MR) is 81.6 cm³/mol. The van der Waals surface area contributed by atoms with Crippen LogP contribution in [0.3, 0.4) is 0 Å². The van der Waals surface area contributed by atoms with Crippen molar-refractivity contribution in [1.29, 1.82) is 0 Å². The molecule has 0 saturated heterocycles. The van der Waals surface area contributed by atoms with E-state index in [1.807, 2.05) is 0 Å². The topological polar surface area (TPSA) is 20.2 Å². The molecule has 2 aromatic rings. The molecule has 0 saturated carbocycles. The van der Waals surface area contributed by atoms with Gasteiger partial charge in [-0.2, -0.15) is 0 Å². The fourth-order valence-corrected chi connectivity index (χ4v) is 2.73. The molecule has 0 aliphatic heterocycles. The molecule has 0 radical (unpaired) electrons. The summed E-state index contributed by atoms with van der Waals surface area (Å²) in [7, 11) is 0. The Morgan fingerprint density at radius 1 is 0.842 bits per heavy atom. The maximum atomic E-state index is 10.2. The Morgan fingerprint density at radius 3 is 2.11 bits per heavy atom. The first-order valence-corrected chi connectivity index (χ1v) is 7.05. The van der Waals surface area contributed by atoms with Gasteiger partial charge >= 0.3 is 0 Å². The number of aliphatic hydroxyl groups is 1. The average molecular weight is 336 g/mol. The van der Waals surface area contributed by atoms with Gasteiger partial charge in [-0.1, -0.05) is 46.4 Å². The van der Waals surface area contributed by atoms with E-state index in [0.717, 1.165) is 5.56 Å².